The third kappa shape index (κ3) is 5.56. The zero-order valence-corrected chi connectivity index (χ0v) is 19.7. The number of nitrogens with zero attached hydrogens (tertiary/aromatic N) is 4. The van der Waals surface area contributed by atoms with Gasteiger partial charge in [0.1, 0.15) is 0 Å². The van der Waals surface area contributed by atoms with Crippen LogP contribution in [0.4, 0.5) is 5.82 Å². The van der Waals surface area contributed by atoms with E-state index in [9.17, 15) is 10.2 Å². The van der Waals surface area contributed by atoms with E-state index < -0.39 is 5.41 Å². The second-order valence-corrected chi connectivity index (χ2v) is 9.47. The number of aromatic nitrogens is 4. The molecule has 0 aliphatic carbocycles. The van der Waals surface area contributed by atoms with Crippen LogP contribution in [-0.4, -0.2) is 49.5 Å². The quantitative estimate of drug-likeness (QED) is 0.355. The first-order valence-electron chi connectivity index (χ1n) is 10.1. The Kier molecular flexibility index (Phi) is 7.34. The summed E-state index contributed by atoms with van der Waals surface area (Å²) in [6.07, 6.45) is 7.01. The van der Waals surface area contributed by atoms with Crippen molar-refractivity contribution in [1.29, 1.82) is 0 Å². The maximum absolute atomic E-state index is 9.67. The summed E-state index contributed by atoms with van der Waals surface area (Å²) in [5, 5.41) is 20.2. The molecule has 0 saturated heterocycles. The molecule has 168 valence electrons. The number of H-pyrrole nitrogens is 1. The standard InChI is InChI=1S/C22H22BN5O3S2/c1-14-16(6-5-9-24-14)31-17-10-15(32-18-7-3-4-8-25-18)11-26-19(17)27-21-28-20(23-33-21)22(2,12-29)13-30/h3-11,29-30H,12-13H2,1-2H3,(H,26,27,28). The molecular weight excluding hydrogens is 457 g/mol. The van der Waals surface area contributed by atoms with Crippen molar-refractivity contribution in [3.63, 3.8) is 0 Å². The van der Waals surface area contributed by atoms with E-state index >= 15 is 0 Å². The number of aromatic amines is 1. The van der Waals surface area contributed by atoms with E-state index in [-0.39, 0.29) is 13.2 Å². The molecule has 0 amide bonds. The van der Waals surface area contributed by atoms with Crippen molar-refractivity contribution < 1.29 is 14.9 Å². The topological polar surface area (TPSA) is 117 Å². The summed E-state index contributed by atoms with van der Waals surface area (Å²) in [4.78, 5) is 22.4. The SMILES string of the molecule is Cc1ncccc1Oc1cc(Sc2ccccn2)cnc1/N=c1/[nH]c(C(C)(CO)CO)bs1. The fourth-order valence-corrected chi connectivity index (χ4v) is 4.47. The van der Waals surface area contributed by atoms with Gasteiger partial charge in [0.2, 0.25) is 0 Å². The van der Waals surface area contributed by atoms with Crippen LogP contribution in [0.3, 0.4) is 0 Å². The molecule has 4 rings (SSSR count). The van der Waals surface area contributed by atoms with Crippen molar-refractivity contribution >= 4 is 34.9 Å². The molecule has 0 atom stereocenters. The zero-order valence-electron chi connectivity index (χ0n) is 18.1. The minimum atomic E-state index is -0.785. The molecule has 4 aromatic heterocycles. The number of hydrogen-bond donors (Lipinski definition) is 3. The molecule has 0 unspecified atom stereocenters. The number of aliphatic hydroxyl groups is 2. The van der Waals surface area contributed by atoms with Crippen molar-refractivity contribution in [3.8, 4) is 11.5 Å². The third-order valence-electron chi connectivity index (χ3n) is 4.93. The van der Waals surface area contributed by atoms with E-state index in [1.54, 1.807) is 25.5 Å². The Morgan fingerprint density at radius 2 is 1.94 bits per heavy atom. The summed E-state index contributed by atoms with van der Waals surface area (Å²) < 4.78 is 6.17. The van der Waals surface area contributed by atoms with E-state index in [1.165, 1.54) is 22.9 Å². The monoisotopic (exact) mass is 479 g/mol. The van der Waals surface area contributed by atoms with Crippen LogP contribution >= 0.6 is 22.9 Å². The first-order chi connectivity index (χ1) is 16.0. The van der Waals surface area contributed by atoms with Gasteiger partial charge in [0.05, 0.1) is 0 Å². The molecule has 3 N–H and O–H groups in total. The Hall–Kier alpha value is -2.86. The van der Waals surface area contributed by atoms with E-state index in [0.29, 0.717) is 27.7 Å². The van der Waals surface area contributed by atoms with Crippen LogP contribution in [0.5, 0.6) is 11.5 Å². The summed E-state index contributed by atoms with van der Waals surface area (Å²) in [5.74, 6) is 1.48. The zero-order chi connectivity index (χ0) is 23.3. The van der Waals surface area contributed by atoms with Gasteiger partial charge in [-0.1, -0.05) is 0 Å². The van der Waals surface area contributed by atoms with Crippen LogP contribution in [0, 0.1) is 6.92 Å². The number of aryl methyl sites for hydroxylation is 1. The predicted molar refractivity (Wildman–Crippen MR) is 128 cm³/mol. The summed E-state index contributed by atoms with van der Waals surface area (Å²) in [7, 11) is 0. The van der Waals surface area contributed by atoms with E-state index in [1.807, 2.05) is 49.5 Å². The van der Waals surface area contributed by atoms with Gasteiger partial charge in [0.15, 0.2) is 0 Å². The molecule has 0 fully saturated rings. The first-order valence-corrected chi connectivity index (χ1v) is 11.8. The van der Waals surface area contributed by atoms with Gasteiger partial charge in [0.25, 0.3) is 0 Å². The van der Waals surface area contributed by atoms with Crippen LogP contribution in [0.2, 0.25) is 0 Å². The van der Waals surface area contributed by atoms with Gasteiger partial charge in [-0.15, -0.1) is 0 Å². The number of rotatable bonds is 8. The van der Waals surface area contributed by atoms with Crippen molar-refractivity contribution in [1.82, 2.24) is 19.9 Å². The Balaban J connectivity index is 1.73. The van der Waals surface area contributed by atoms with Gasteiger partial charge in [-0.3, -0.25) is 0 Å². The molecule has 0 saturated carbocycles. The van der Waals surface area contributed by atoms with Crippen molar-refractivity contribution in [2.45, 2.75) is 29.2 Å². The number of aliphatic hydroxyl groups excluding tert-OH is 2. The molecule has 0 radical (unpaired) electrons. The van der Waals surface area contributed by atoms with Gasteiger partial charge in [-0.2, -0.15) is 0 Å². The van der Waals surface area contributed by atoms with Gasteiger partial charge in [-0.05, 0) is 0 Å². The van der Waals surface area contributed by atoms with Gasteiger partial charge < -0.3 is 0 Å². The molecule has 11 heteroatoms. The molecule has 4 aromatic rings. The fourth-order valence-electron chi connectivity index (χ4n) is 2.81. The predicted octanol–water partition coefficient (Wildman–Crippen LogP) is 3.33. The van der Waals surface area contributed by atoms with Crippen LogP contribution in [0.1, 0.15) is 18.2 Å². The van der Waals surface area contributed by atoms with Crippen LogP contribution < -0.4 is 9.54 Å². The van der Waals surface area contributed by atoms with Gasteiger partial charge in [0, 0.05) is 0 Å². The molecule has 0 aliphatic heterocycles. The molecular formula is C22H22BN5O3S2. The van der Waals surface area contributed by atoms with E-state index in [2.05, 4.69) is 24.9 Å². The van der Waals surface area contributed by atoms with Crippen LogP contribution in [0.15, 0.2) is 69.9 Å². The average Bonchev–Trinajstić information content (AvgIpc) is 3.31. The van der Waals surface area contributed by atoms with Crippen molar-refractivity contribution in [3.05, 3.63) is 71.1 Å². The Bertz CT molecular complexity index is 1290. The number of nitrogens with one attached hydrogen (secondary N) is 1. The maximum atomic E-state index is 9.67. The number of hydrogen-bond acceptors (Lipinski definition) is 9. The second kappa shape index (κ2) is 10.4. The van der Waals surface area contributed by atoms with Crippen LogP contribution in [0.25, 0.3) is 0 Å². The Morgan fingerprint density at radius 1 is 1.12 bits per heavy atom. The van der Waals surface area contributed by atoms with Crippen LogP contribution in [-0.2, 0) is 5.41 Å². The summed E-state index contributed by atoms with van der Waals surface area (Å²) in [5.41, 5.74) is 0.662. The van der Waals surface area contributed by atoms with Crippen molar-refractivity contribution in [2.24, 2.45) is 4.99 Å². The third-order valence-corrected chi connectivity index (χ3v) is 6.61. The van der Waals surface area contributed by atoms with E-state index in [4.69, 9.17) is 4.74 Å². The average molecular weight is 479 g/mol. The molecule has 0 spiro atoms. The summed E-state index contributed by atoms with van der Waals surface area (Å²) >= 11 is 2.83. The number of ether oxygens (including phenoxy) is 1. The molecule has 0 aromatic carbocycles. The Morgan fingerprint density at radius 3 is 2.67 bits per heavy atom. The van der Waals surface area contributed by atoms with Gasteiger partial charge >= 0.3 is 200 Å². The first kappa shape index (κ1) is 23.3. The molecule has 4 heterocycles. The fraction of sp³-hybridized carbons (Fsp3) is 0.227. The Labute approximate surface area is 199 Å². The molecule has 0 aliphatic rings. The molecule has 33 heavy (non-hydrogen) atoms. The normalized spacial score (nSPS) is 12.1. The van der Waals surface area contributed by atoms with E-state index in [0.717, 1.165) is 15.6 Å². The van der Waals surface area contributed by atoms with Crippen molar-refractivity contribution in [2.75, 3.05) is 13.2 Å². The summed E-state index contributed by atoms with van der Waals surface area (Å²) in [6.45, 7) is 3.26. The minimum absolute atomic E-state index is 0.192. The van der Waals surface area contributed by atoms with Gasteiger partial charge in [-0.25, -0.2) is 0 Å². The molecule has 8 nitrogen and oxygen atoms in total. The molecule has 0 bridgehead atoms. The number of pyridine rings is 3. The summed E-state index contributed by atoms with van der Waals surface area (Å²) in [6, 6.07) is 11.2. The second-order valence-electron chi connectivity index (χ2n) is 7.52.